The van der Waals surface area contributed by atoms with Crippen molar-refractivity contribution in [3.63, 3.8) is 0 Å². The standard InChI is InChI=1S/C11H15F2N3O.C10H11NO2/c1-11(12,13)4-7-2-3-8-5-15-10(9(14)17)16(8)6-7;1-11-8-4-2-3-5-9(8)13-7-6-10(11)12/h5,7H,2-4,6H2,1H3,(H2,14,17);2-5H,6-7H2,1H3. The number of alkyl halides is 2. The molecule has 0 fully saturated rings. The number of imidazole rings is 1. The monoisotopic (exact) mass is 420 g/mol. The Balaban J connectivity index is 0.000000177. The van der Waals surface area contributed by atoms with Gasteiger partial charge in [0.05, 0.1) is 18.7 Å². The molecule has 0 saturated heterocycles. The maximum Gasteiger partial charge on any atom is 0.284 e. The summed E-state index contributed by atoms with van der Waals surface area (Å²) in [4.78, 5) is 28.1. The van der Waals surface area contributed by atoms with E-state index in [9.17, 15) is 18.4 Å². The molecule has 0 aliphatic carbocycles. The van der Waals surface area contributed by atoms with Gasteiger partial charge >= 0.3 is 0 Å². The molecule has 3 heterocycles. The average molecular weight is 420 g/mol. The van der Waals surface area contributed by atoms with E-state index < -0.39 is 11.8 Å². The highest BCUT2D eigenvalue weighted by atomic mass is 19.3. The Kier molecular flexibility index (Phi) is 6.38. The fourth-order valence-electron chi connectivity index (χ4n) is 3.79. The number of amides is 2. The summed E-state index contributed by atoms with van der Waals surface area (Å²) in [6.07, 6.45) is 3.25. The second kappa shape index (κ2) is 8.81. The van der Waals surface area contributed by atoms with Gasteiger partial charge in [-0.2, -0.15) is 0 Å². The first-order valence-corrected chi connectivity index (χ1v) is 9.86. The molecule has 2 N–H and O–H groups in total. The van der Waals surface area contributed by atoms with Gasteiger partial charge in [-0.15, -0.1) is 0 Å². The van der Waals surface area contributed by atoms with Crippen molar-refractivity contribution in [2.45, 2.75) is 45.1 Å². The largest absolute Gasteiger partial charge is 0.491 e. The van der Waals surface area contributed by atoms with E-state index in [0.29, 0.717) is 32.4 Å². The number of fused-ring (bicyclic) bond motifs is 2. The van der Waals surface area contributed by atoms with Crippen molar-refractivity contribution in [2.24, 2.45) is 11.7 Å². The van der Waals surface area contributed by atoms with Crippen LogP contribution in [0.15, 0.2) is 30.5 Å². The van der Waals surface area contributed by atoms with Crippen LogP contribution in [0.1, 0.15) is 42.5 Å². The molecular formula is C21H26F2N4O3. The summed E-state index contributed by atoms with van der Waals surface area (Å²) in [6, 6.07) is 7.57. The molecule has 162 valence electrons. The Morgan fingerprint density at radius 3 is 2.77 bits per heavy atom. The molecular weight excluding hydrogens is 394 g/mol. The number of aryl methyl sites for hydroxylation is 1. The van der Waals surface area contributed by atoms with Gasteiger partial charge in [-0.3, -0.25) is 9.59 Å². The summed E-state index contributed by atoms with van der Waals surface area (Å²) in [5.41, 5.74) is 6.93. The number of ether oxygens (including phenoxy) is 1. The second-order valence-corrected chi connectivity index (χ2v) is 7.75. The number of benzene rings is 1. The molecule has 1 aromatic heterocycles. The van der Waals surface area contributed by atoms with E-state index >= 15 is 0 Å². The number of halogens is 2. The minimum Gasteiger partial charge on any atom is -0.491 e. The summed E-state index contributed by atoms with van der Waals surface area (Å²) in [6.45, 7) is 1.79. The highest BCUT2D eigenvalue weighted by Gasteiger charge is 2.31. The summed E-state index contributed by atoms with van der Waals surface area (Å²) < 4.78 is 33.0. The smallest absolute Gasteiger partial charge is 0.284 e. The molecule has 30 heavy (non-hydrogen) atoms. The van der Waals surface area contributed by atoms with Gasteiger partial charge in [-0.05, 0) is 37.8 Å². The molecule has 1 atom stereocenters. The Morgan fingerprint density at radius 1 is 1.33 bits per heavy atom. The Bertz CT molecular complexity index is 923. The van der Waals surface area contributed by atoms with Crippen molar-refractivity contribution in [1.29, 1.82) is 0 Å². The van der Waals surface area contributed by atoms with Crippen molar-refractivity contribution in [1.82, 2.24) is 9.55 Å². The number of carbonyl (C=O) groups is 2. The fraction of sp³-hybridized carbons (Fsp3) is 0.476. The number of anilines is 1. The molecule has 0 radical (unpaired) electrons. The van der Waals surface area contributed by atoms with Crippen LogP contribution in [-0.2, 0) is 17.8 Å². The van der Waals surface area contributed by atoms with Gasteiger partial charge < -0.3 is 19.9 Å². The average Bonchev–Trinajstić information content (AvgIpc) is 3.04. The van der Waals surface area contributed by atoms with Crippen LogP contribution in [0.3, 0.4) is 0 Å². The van der Waals surface area contributed by atoms with Crippen LogP contribution in [0.5, 0.6) is 5.75 Å². The Labute approximate surface area is 173 Å². The quantitative estimate of drug-likeness (QED) is 0.827. The summed E-state index contributed by atoms with van der Waals surface area (Å²) >= 11 is 0. The number of nitrogens with zero attached hydrogens (tertiary/aromatic N) is 3. The lowest BCUT2D eigenvalue weighted by molar-refractivity contribution is -0.118. The number of primary amides is 1. The van der Waals surface area contributed by atoms with Gasteiger partial charge in [0.15, 0.2) is 5.82 Å². The Morgan fingerprint density at radius 2 is 2.07 bits per heavy atom. The van der Waals surface area contributed by atoms with Crippen molar-refractivity contribution in [3.8, 4) is 5.75 Å². The van der Waals surface area contributed by atoms with E-state index in [4.69, 9.17) is 10.5 Å². The highest BCUT2D eigenvalue weighted by Crippen LogP contribution is 2.31. The molecule has 2 amide bonds. The van der Waals surface area contributed by atoms with Crippen LogP contribution in [0.2, 0.25) is 0 Å². The number of rotatable bonds is 3. The van der Waals surface area contributed by atoms with Crippen molar-refractivity contribution >= 4 is 17.5 Å². The van der Waals surface area contributed by atoms with Gasteiger partial charge in [-0.1, -0.05) is 12.1 Å². The normalized spacial score (nSPS) is 18.3. The highest BCUT2D eigenvalue weighted by molar-refractivity contribution is 5.95. The first-order chi connectivity index (χ1) is 14.2. The van der Waals surface area contributed by atoms with E-state index in [0.717, 1.165) is 24.1 Å². The molecule has 1 unspecified atom stereocenters. The van der Waals surface area contributed by atoms with E-state index in [1.54, 1.807) is 22.7 Å². The predicted octanol–water partition coefficient (Wildman–Crippen LogP) is 3.02. The van der Waals surface area contributed by atoms with E-state index in [1.807, 2.05) is 24.3 Å². The minimum absolute atomic E-state index is 0.102. The molecule has 0 spiro atoms. The summed E-state index contributed by atoms with van der Waals surface area (Å²) in [7, 11) is 1.77. The number of para-hydroxylation sites is 2. The Hall–Kier alpha value is -2.97. The first kappa shape index (κ1) is 21.7. The van der Waals surface area contributed by atoms with Crippen LogP contribution in [0, 0.1) is 5.92 Å². The maximum atomic E-state index is 13.0. The van der Waals surface area contributed by atoms with Crippen LogP contribution in [-0.4, -0.2) is 40.9 Å². The van der Waals surface area contributed by atoms with Crippen LogP contribution in [0.25, 0.3) is 0 Å². The van der Waals surface area contributed by atoms with Crippen LogP contribution >= 0.6 is 0 Å². The molecule has 4 rings (SSSR count). The van der Waals surface area contributed by atoms with E-state index in [1.165, 1.54) is 0 Å². The zero-order valence-electron chi connectivity index (χ0n) is 17.1. The molecule has 0 bridgehead atoms. The summed E-state index contributed by atoms with van der Waals surface area (Å²) in [5.74, 6) is -2.35. The molecule has 2 aromatic rings. The number of hydrogen-bond acceptors (Lipinski definition) is 4. The number of hydrogen-bond donors (Lipinski definition) is 1. The van der Waals surface area contributed by atoms with Gasteiger partial charge in [0.1, 0.15) is 5.75 Å². The lowest BCUT2D eigenvalue weighted by atomic mass is 9.92. The third-order valence-corrected chi connectivity index (χ3v) is 5.23. The zero-order chi connectivity index (χ0) is 21.9. The molecule has 1 aromatic carbocycles. The zero-order valence-corrected chi connectivity index (χ0v) is 17.1. The second-order valence-electron chi connectivity index (χ2n) is 7.75. The third kappa shape index (κ3) is 5.14. The van der Waals surface area contributed by atoms with Crippen LogP contribution < -0.4 is 15.4 Å². The van der Waals surface area contributed by atoms with Crippen LogP contribution in [0.4, 0.5) is 14.5 Å². The SMILES string of the molecule is CC(F)(F)CC1CCc2cnc(C(N)=O)n2C1.CN1C(=O)CCOc2ccccc21. The number of carbonyl (C=O) groups excluding carboxylic acids is 2. The minimum atomic E-state index is -2.67. The van der Waals surface area contributed by atoms with E-state index in [2.05, 4.69) is 4.98 Å². The lowest BCUT2D eigenvalue weighted by Gasteiger charge is -2.27. The van der Waals surface area contributed by atoms with Crippen molar-refractivity contribution in [2.75, 3.05) is 18.6 Å². The van der Waals surface area contributed by atoms with Crippen molar-refractivity contribution in [3.05, 3.63) is 42.0 Å². The van der Waals surface area contributed by atoms with Gasteiger partial charge in [-0.25, -0.2) is 13.8 Å². The number of aromatic nitrogens is 2. The third-order valence-electron chi connectivity index (χ3n) is 5.23. The molecule has 9 heteroatoms. The fourth-order valence-corrected chi connectivity index (χ4v) is 3.79. The van der Waals surface area contributed by atoms with Gasteiger partial charge in [0.2, 0.25) is 11.8 Å². The summed E-state index contributed by atoms with van der Waals surface area (Å²) in [5, 5.41) is 0. The molecule has 2 aliphatic heterocycles. The van der Waals surface area contributed by atoms with Crippen molar-refractivity contribution < 1.29 is 23.1 Å². The first-order valence-electron chi connectivity index (χ1n) is 9.86. The number of nitrogens with two attached hydrogens (primary N) is 1. The van der Waals surface area contributed by atoms with Gasteiger partial charge in [0, 0.05) is 31.9 Å². The van der Waals surface area contributed by atoms with E-state index in [-0.39, 0.29) is 24.1 Å². The molecule has 2 aliphatic rings. The lowest BCUT2D eigenvalue weighted by Crippen LogP contribution is -2.28. The molecule has 0 saturated carbocycles. The maximum absolute atomic E-state index is 13.0. The van der Waals surface area contributed by atoms with Gasteiger partial charge in [0.25, 0.3) is 5.91 Å². The molecule has 7 nitrogen and oxygen atoms in total. The predicted molar refractivity (Wildman–Crippen MR) is 108 cm³/mol. The topological polar surface area (TPSA) is 90.5 Å².